The van der Waals surface area contributed by atoms with Crippen molar-refractivity contribution in [2.45, 2.75) is 26.4 Å². The molecule has 0 saturated carbocycles. The van der Waals surface area contributed by atoms with Crippen molar-refractivity contribution in [1.82, 2.24) is 9.97 Å². The molecule has 0 bridgehead atoms. The predicted molar refractivity (Wildman–Crippen MR) is 115 cm³/mol. The van der Waals surface area contributed by atoms with Gasteiger partial charge in [-0.1, -0.05) is 17.7 Å². The van der Waals surface area contributed by atoms with E-state index in [-0.39, 0.29) is 5.91 Å². The van der Waals surface area contributed by atoms with Crippen molar-refractivity contribution in [1.29, 1.82) is 0 Å². The molecular formula is C20H19ClN4O3S. The number of thiophene rings is 1. The van der Waals surface area contributed by atoms with Crippen molar-refractivity contribution in [2.24, 2.45) is 0 Å². The molecule has 29 heavy (non-hydrogen) atoms. The minimum atomic E-state index is -0.611. The fourth-order valence-electron chi connectivity index (χ4n) is 2.32. The molecular weight excluding hydrogens is 412 g/mol. The highest BCUT2D eigenvalue weighted by Crippen LogP contribution is 2.28. The Morgan fingerprint density at radius 3 is 2.38 bits per heavy atom. The lowest BCUT2D eigenvalue weighted by Crippen LogP contribution is -2.27. The van der Waals surface area contributed by atoms with Crippen LogP contribution >= 0.6 is 22.9 Å². The Morgan fingerprint density at radius 2 is 1.76 bits per heavy atom. The monoisotopic (exact) mass is 430 g/mol. The first kappa shape index (κ1) is 20.8. The zero-order valence-corrected chi connectivity index (χ0v) is 17.6. The summed E-state index contributed by atoms with van der Waals surface area (Å²) in [7, 11) is 0. The second kappa shape index (κ2) is 8.59. The molecule has 0 aliphatic carbocycles. The van der Waals surface area contributed by atoms with E-state index in [4.69, 9.17) is 16.3 Å². The normalized spacial score (nSPS) is 11.0. The van der Waals surface area contributed by atoms with Gasteiger partial charge >= 0.3 is 6.09 Å². The smallest absolute Gasteiger partial charge is 0.412 e. The minimum Gasteiger partial charge on any atom is -0.444 e. The van der Waals surface area contributed by atoms with Crippen molar-refractivity contribution in [3.05, 3.63) is 58.7 Å². The zero-order chi connectivity index (χ0) is 21.0. The van der Waals surface area contributed by atoms with Gasteiger partial charge < -0.3 is 10.1 Å². The van der Waals surface area contributed by atoms with Gasteiger partial charge in [0.15, 0.2) is 5.82 Å². The summed E-state index contributed by atoms with van der Waals surface area (Å²) < 4.78 is 5.87. The van der Waals surface area contributed by atoms with Crippen LogP contribution in [0.3, 0.4) is 0 Å². The van der Waals surface area contributed by atoms with E-state index in [0.717, 1.165) is 4.88 Å². The molecule has 1 aromatic carbocycles. The summed E-state index contributed by atoms with van der Waals surface area (Å²) in [5.74, 6) is 0.178. The third-order valence-electron chi connectivity index (χ3n) is 3.47. The number of anilines is 2. The summed E-state index contributed by atoms with van der Waals surface area (Å²) >= 11 is 7.30. The fourth-order valence-corrected chi connectivity index (χ4v) is 3.31. The van der Waals surface area contributed by atoms with Gasteiger partial charge in [0.2, 0.25) is 0 Å². The lowest BCUT2D eigenvalue weighted by molar-refractivity contribution is 0.0635. The molecule has 0 saturated heterocycles. The van der Waals surface area contributed by atoms with Crippen LogP contribution < -0.4 is 10.6 Å². The number of halogens is 1. The van der Waals surface area contributed by atoms with Gasteiger partial charge in [0.1, 0.15) is 5.60 Å². The zero-order valence-electron chi connectivity index (χ0n) is 16.0. The van der Waals surface area contributed by atoms with Crippen molar-refractivity contribution in [2.75, 3.05) is 10.6 Å². The summed E-state index contributed by atoms with van der Waals surface area (Å²) in [6.07, 6.45) is 2.46. The third kappa shape index (κ3) is 6.00. The summed E-state index contributed by atoms with van der Waals surface area (Å²) in [6.45, 7) is 5.32. The Morgan fingerprint density at radius 1 is 1.03 bits per heavy atom. The highest BCUT2D eigenvalue weighted by molar-refractivity contribution is 7.19. The number of carbonyl (C=O) groups excluding carboxylic acids is 2. The van der Waals surface area contributed by atoms with E-state index in [2.05, 4.69) is 20.6 Å². The van der Waals surface area contributed by atoms with Crippen LogP contribution in [0.5, 0.6) is 0 Å². The van der Waals surface area contributed by atoms with E-state index in [0.29, 0.717) is 27.1 Å². The Kier molecular flexibility index (Phi) is 6.14. The maximum absolute atomic E-state index is 12.5. The Balaban J connectivity index is 1.65. The van der Waals surface area contributed by atoms with Crippen LogP contribution in [-0.2, 0) is 4.74 Å². The molecule has 0 aliphatic heterocycles. The summed E-state index contributed by atoms with van der Waals surface area (Å²) in [5, 5.41) is 5.34. The highest BCUT2D eigenvalue weighted by Gasteiger charge is 2.17. The van der Waals surface area contributed by atoms with Crippen molar-refractivity contribution >= 4 is 46.3 Å². The van der Waals surface area contributed by atoms with Gasteiger partial charge in [-0.3, -0.25) is 10.1 Å². The van der Waals surface area contributed by atoms with Crippen molar-refractivity contribution in [3.63, 3.8) is 0 Å². The highest BCUT2D eigenvalue weighted by atomic mass is 35.5. The maximum Gasteiger partial charge on any atom is 0.412 e. The number of nitrogens with one attached hydrogen (secondary N) is 2. The molecule has 3 aromatic rings. The molecule has 2 N–H and O–H groups in total. The van der Waals surface area contributed by atoms with Crippen LogP contribution in [0.1, 0.15) is 31.1 Å². The number of amides is 2. The largest absolute Gasteiger partial charge is 0.444 e. The first-order valence-corrected chi connectivity index (χ1v) is 9.88. The van der Waals surface area contributed by atoms with Crippen molar-refractivity contribution < 1.29 is 14.3 Å². The molecule has 0 fully saturated rings. The second-order valence-corrected chi connectivity index (χ2v) is 8.78. The number of hydrogen-bond donors (Lipinski definition) is 2. The number of aromatic nitrogens is 2. The molecule has 0 atom stereocenters. The number of hydrogen-bond acceptors (Lipinski definition) is 6. The molecule has 7 nitrogen and oxygen atoms in total. The van der Waals surface area contributed by atoms with E-state index in [1.807, 2.05) is 6.07 Å². The summed E-state index contributed by atoms with van der Waals surface area (Å²) in [6, 6.07) is 10.1. The Labute approximate surface area is 177 Å². The number of rotatable bonds is 4. The number of carbonyl (C=O) groups is 2. The maximum atomic E-state index is 12.5. The van der Waals surface area contributed by atoms with Crippen LogP contribution in [-0.4, -0.2) is 27.6 Å². The molecule has 0 aliphatic rings. The van der Waals surface area contributed by atoms with Crippen LogP contribution in [0.4, 0.5) is 16.2 Å². The van der Waals surface area contributed by atoms with Gasteiger partial charge in [-0.25, -0.2) is 14.8 Å². The van der Waals surface area contributed by atoms with E-state index in [9.17, 15) is 9.59 Å². The third-order valence-corrected chi connectivity index (χ3v) is 4.70. The molecule has 2 aromatic heterocycles. The Bertz CT molecular complexity index is 1030. The molecule has 150 valence electrons. The van der Waals surface area contributed by atoms with E-state index in [1.165, 1.54) is 23.7 Å². The van der Waals surface area contributed by atoms with Crippen LogP contribution in [0, 0.1) is 0 Å². The minimum absolute atomic E-state index is 0.353. The van der Waals surface area contributed by atoms with Gasteiger partial charge in [-0.15, -0.1) is 11.3 Å². The predicted octanol–water partition coefficient (Wildman–Crippen LogP) is 5.46. The molecule has 2 amide bonds. The average Bonchev–Trinajstić information content (AvgIpc) is 3.07. The first-order chi connectivity index (χ1) is 13.7. The van der Waals surface area contributed by atoms with Gasteiger partial charge in [0.25, 0.3) is 5.91 Å². The number of benzene rings is 1. The lowest BCUT2D eigenvalue weighted by atomic mass is 10.2. The second-order valence-electron chi connectivity index (χ2n) is 7.06. The van der Waals surface area contributed by atoms with Gasteiger partial charge in [0.05, 0.1) is 27.3 Å². The van der Waals surface area contributed by atoms with Gasteiger partial charge in [-0.2, -0.15) is 0 Å². The quantitative estimate of drug-likeness (QED) is 0.573. The van der Waals surface area contributed by atoms with Crippen LogP contribution in [0.25, 0.3) is 10.7 Å². The average molecular weight is 431 g/mol. The van der Waals surface area contributed by atoms with E-state index in [1.54, 1.807) is 51.1 Å². The first-order valence-electron chi connectivity index (χ1n) is 8.69. The molecule has 9 heteroatoms. The van der Waals surface area contributed by atoms with Crippen LogP contribution in [0.2, 0.25) is 4.34 Å². The topological polar surface area (TPSA) is 93.2 Å². The molecule has 0 spiro atoms. The van der Waals surface area contributed by atoms with Crippen molar-refractivity contribution in [3.8, 4) is 10.7 Å². The standard InChI is InChI=1S/C20H19ClN4O3S/c1-20(2,3)28-19(27)25-13-6-4-5-12(9-13)18(26)24-14-10-22-17(23-11-14)15-7-8-16(21)29-15/h4-11H,1-3H3,(H,24,26)(H,25,27). The fraction of sp³-hybridized carbons (Fsp3) is 0.200. The molecule has 0 unspecified atom stereocenters. The number of nitrogens with zero attached hydrogens (tertiary/aromatic N) is 2. The SMILES string of the molecule is CC(C)(C)OC(=O)Nc1cccc(C(=O)Nc2cnc(-c3ccc(Cl)s3)nc2)c1. The number of ether oxygens (including phenoxy) is 1. The van der Waals surface area contributed by atoms with E-state index < -0.39 is 11.7 Å². The van der Waals surface area contributed by atoms with Crippen LogP contribution in [0.15, 0.2) is 48.8 Å². The Hall–Kier alpha value is -2.97. The molecule has 0 radical (unpaired) electrons. The molecule has 2 heterocycles. The van der Waals surface area contributed by atoms with Gasteiger partial charge in [0, 0.05) is 11.3 Å². The van der Waals surface area contributed by atoms with Gasteiger partial charge in [-0.05, 0) is 51.1 Å². The lowest BCUT2D eigenvalue weighted by Gasteiger charge is -2.19. The molecule has 3 rings (SSSR count). The van der Waals surface area contributed by atoms with E-state index >= 15 is 0 Å². The summed E-state index contributed by atoms with van der Waals surface area (Å²) in [5.41, 5.74) is 0.660. The summed E-state index contributed by atoms with van der Waals surface area (Å²) in [4.78, 5) is 33.8.